The van der Waals surface area contributed by atoms with E-state index in [2.05, 4.69) is 12.2 Å². The molecule has 6 nitrogen and oxygen atoms in total. The van der Waals surface area contributed by atoms with E-state index < -0.39 is 4.65 Å². The van der Waals surface area contributed by atoms with Gasteiger partial charge in [0.1, 0.15) is 13.1 Å². The highest BCUT2D eigenvalue weighted by atomic mass is 16.5. The van der Waals surface area contributed by atoms with E-state index in [1.165, 1.54) is 70.6 Å². The highest BCUT2D eigenvalue weighted by Crippen LogP contribution is 2.13. The summed E-state index contributed by atoms with van der Waals surface area (Å²) in [6, 6.07) is 0. The van der Waals surface area contributed by atoms with Crippen LogP contribution in [0.5, 0.6) is 0 Å². The van der Waals surface area contributed by atoms with Crippen molar-refractivity contribution in [2.24, 2.45) is 0 Å². The molecule has 0 bridgehead atoms. The van der Waals surface area contributed by atoms with Crippen LogP contribution in [0.25, 0.3) is 0 Å². The van der Waals surface area contributed by atoms with Gasteiger partial charge in [0.15, 0.2) is 0 Å². The maximum atomic E-state index is 12.3. The number of hydrogen-bond donors (Lipinski definition) is 3. The summed E-state index contributed by atoms with van der Waals surface area (Å²) in [5, 5.41) is 33.0. The molecule has 1 amide bonds. The largest absolute Gasteiger partial charge is 0.633 e. The molecule has 0 aromatic carbocycles. The monoisotopic (exact) mass is 416 g/mol. The average molecular weight is 417 g/mol. The van der Waals surface area contributed by atoms with E-state index in [-0.39, 0.29) is 32.2 Å². The Kier molecular flexibility index (Phi) is 20.1. The van der Waals surface area contributed by atoms with Gasteiger partial charge in [-0.3, -0.25) is 4.79 Å². The lowest BCUT2D eigenvalue weighted by atomic mass is 10.0. The molecule has 0 heterocycles. The number of aliphatic hydroxyl groups is 2. The van der Waals surface area contributed by atoms with Crippen LogP contribution in [0.3, 0.4) is 0 Å². The van der Waals surface area contributed by atoms with Crippen molar-refractivity contribution >= 4 is 5.91 Å². The summed E-state index contributed by atoms with van der Waals surface area (Å²) in [6.07, 6.45) is 18.0. The Hall–Kier alpha value is -0.690. The molecule has 174 valence electrons. The quantitative estimate of drug-likeness (QED) is 0.140. The molecule has 0 saturated carbocycles. The van der Waals surface area contributed by atoms with Crippen molar-refractivity contribution in [2.45, 2.75) is 103 Å². The van der Waals surface area contributed by atoms with Crippen molar-refractivity contribution < 1.29 is 19.7 Å². The number of amides is 1. The molecule has 0 aliphatic carbocycles. The second-order valence-electron chi connectivity index (χ2n) is 8.37. The zero-order chi connectivity index (χ0) is 21.6. The first-order chi connectivity index (χ1) is 14.1. The van der Waals surface area contributed by atoms with Crippen molar-refractivity contribution in [1.29, 1.82) is 0 Å². The van der Waals surface area contributed by atoms with Crippen LogP contribution < -0.4 is 5.32 Å². The highest BCUT2D eigenvalue weighted by Gasteiger charge is 2.15. The SMILES string of the molecule is CCCCCCCCCCCCCCCC(=O)NCCC[N+]([O-])(CCO)CCO. The number of carbonyl (C=O) groups is 1. The molecule has 29 heavy (non-hydrogen) atoms. The van der Waals surface area contributed by atoms with Gasteiger partial charge < -0.3 is 25.4 Å². The molecular formula is C23H48N2O4. The molecule has 6 heteroatoms. The second-order valence-corrected chi connectivity index (χ2v) is 8.37. The van der Waals surface area contributed by atoms with E-state index in [0.29, 0.717) is 25.9 Å². The first-order valence-electron chi connectivity index (χ1n) is 12.1. The average Bonchev–Trinajstić information content (AvgIpc) is 2.69. The van der Waals surface area contributed by atoms with Crippen molar-refractivity contribution in [2.75, 3.05) is 39.4 Å². The lowest BCUT2D eigenvalue weighted by Gasteiger charge is -2.42. The highest BCUT2D eigenvalue weighted by molar-refractivity contribution is 5.75. The Morgan fingerprint density at radius 1 is 0.724 bits per heavy atom. The molecule has 0 aromatic rings. The third-order valence-corrected chi connectivity index (χ3v) is 5.59. The number of carbonyl (C=O) groups excluding carboxylic acids is 1. The molecule has 0 spiro atoms. The van der Waals surface area contributed by atoms with Crippen molar-refractivity contribution in [3.63, 3.8) is 0 Å². The van der Waals surface area contributed by atoms with Crippen LogP contribution in [0.4, 0.5) is 0 Å². The summed E-state index contributed by atoms with van der Waals surface area (Å²) < 4.78 is -0.596. The van der Waals surface area contributed by atoms with Crippen LogP contribution in [-0.2, 0) is 4.79 Å². The molecule has 3 N–H and O–H groups in total. The van der Waals surface area contributed by atoms with Gasteiger partial charge >= 0.3 is 0 Å². The minimum atomic E-state index is -0.596. The third-order valence-electron chi connectivity index (χ3n) is 5.59. The Morgan fingerprint density at radius 3 is 1.62 bits per heavy atom. The van der Waals surface area contributed by atoms with Gasteiger partial charge in [-0.15, -0.1) is 0 Å². The van der Waals surface area contributed by atoms with E-state index in [9.17, 15) is 10.0 Å². The minimum absolute atomic E-state index is 0.0568. The normalized spacial score (nSPS) is 11.7. The van der Waals surface area contributed by atoms with Crippen LogP contribution in [0.2, 0.25) is 0 Å². The summed E-state index contributed by atoms with van der Waals surface area (Å²) in [4.78, 5) is 11.8. The molecule has 0 aliphatic heterocycles. The van der Waals surface area contributed by atoms with E-state index in [4.69, 9.17) is 10.2 Å². The fourth-order valence-corrected chi connectivity index (χ4v) is 3.69. The summed E-state index contributed by atoms with van der Waals surface area (Å²) in [5.41, 5.74) is 0. The molecule has 0 aliphatic rings. The van der Waals surface area contributed by atoms with Gasteiger partial charge in [0.2, 0.25) is 5.91 Å². The van der Waals surface area contributed by atoms with Crippen LogP contribution in [-0.4, -0.2) is 60.2 Å². The predicted molar refractivity (Wildman–Crippen MR) is 120 cm³/mol. The van der Waals surface area contributed by atoms with E-state index in [0.717, 1.165) is 12.8 Å². The Bertz CT molecular complexity index is 361. The molecule has 0 aromatic heterocycles. The van der Waals surface area contributed by atoms with Crippen LogP contribution in [0.1, 0.15) is 103 Å². The molecule has 0 unspecified atom stereocenters. The van der Waals surface area contributed by atoms with Gasteiger partial charge in [-0.2, -0.15) is 0 Å². The summed E-state index contributed by atoms with van der Waals surface area (Å²) in [7, 11) is 0. The Labute approximate surface area is 179 Å². The smallest absolute Gasteiger partial charge is 0.219 e. The molecule has 0 rings (SSSR count). The number of hydroxylamine groups is 3. The molecule has 0 saturated heterocycles. The van der Waals surface area contributed by atoms with E-state index in [1.54, 1.807) is 0 Å². The number of aliphatic hydroxyl groups excluding tert-OH is 2. The molecule has 0 fully saturated rings. The number of nitrogens with one attached hydrogen (secondary N) is 1. The van der Waals surface area contributed by atoms with Crippen molar-refractivity contribution in [1.82, 2.24) is 5.32 Å². The van der Waals surface area contributed by atoms with Crippen LogP contribution in [0, 0.1) is 5.21 Å². The summed E-state index contributed by atoms with van der Waals surface area (Å²) >= 11 is 0. The van der Waals surface area contributed by atoms with E-state index >= 15 is 0 Å². The fourth-order valence-electron chi connectivity index (χ4n) is 3.69. The maximum Gasteiger partial charge on any atom is 0.219 e. The second kappa shape index (κ2) is 20.6. The number of quaternary nitrogens is 1. The van der Waals surface area contributed by atoms with E-state index in [1.807, 2.05) is 0 Å². The molecule has 0 radical (unpaired) electrons. The van der Waals surface area contributed by atoms with Crippen LogP contribution >= 0.6 is 0 Å². The summed E-state index contributed by atoms with van der Waals surface area (Å²) in [6.45, 7) is 2.86. The van der Waals surface area contributed by atoms with Gasteiger partial charge in [0.25, 0.3) is 0 Å². The fraction of sp³-hybridized carbons (Fsp3) is 0.957. The third kappa shape index (κ3) is 19.0. The minimum Gasteiger partial charge on any atom is -0.633 e. The Balaban J connectivity index is 3.42. The van der Waals surface area contributed by atoms with Gasteiger partial charge in [-0.25, -0.2) is 0 Å². The molecular weight excluding hydrogens is 368 g/mol. The van der Waals surface area contributed by atoms with Gasteiger partial charge in [0, 0.05) is 19.4 Å². The number of nitrogens with zero attached hydrogens (tertiary/aromatic N) is 1. The zero-order valence-electron chi connectivity index (χ0n) is 19.0. The van der Waals surface area contributed by atoms with Crippen molar-refractivity contribution in [3.05, 3.63) is 5.21 Å². The Morgan fingerprint density at radius 2 is 1.17 bits per heavy atom. The van der Waals surface area contributed by atoms with Gasteiger partial charge in [-0.05, 0) is 6.42 Å². The summed E-state index contributed by atoms with van der Waals surface area (Å²) in [5.74, 6) is 0.0568. The topological polar surface area (TPSA) is 92.6 Å². The number of hydrogen-bond acceptors (Lipinski definition) is 4. The van der Waals surface area contributed by atoms with Crippen molar-refractivity contribution in [3.8, 4) is 0 Å². The first-order valence-corrected chi connectivity index (χ1v) is 12.1. The lowest BCUT2D eigenvalue weighted by Crippen LogP contribution is -2.47. The lowest BCUT2D eigenvalue weighted by molar-refractivity contribution is -0.881. The predicted octanol–water partition coefficient (Wildman–Crippen LogP) is 4.27. The van der Waals surface area contributed by atoms with Gasteiger partial charge in [0.05, 0.1) is 19.8 Å². The first kappa shape index (κ1) is 28.3. The molecule has 0 atom stereocenters. The number of unbranched alkanes of at least 4 members (excludes halogenated alkanes) is 12. The zero-order valence-corrected chi connectivity index (χ0v) is 19.0. The van der Waals surface area contributed by atoms with Gasteiger partial charge in [-0.1, -0.05) is 84.0 Å². The standard InChI is InChI=1S/C23H48N2O4/c1-2-3-4-5-6-7-8-9-10-11-12-13-14-16-23(28)24-17-15-18-25(29,19-21-26)20-22-27/h26-27H,2-22H2,1H3,(H,24,28). The number of rotatable bonds is 22. The van der Waals surface area contributed by atoms with Crippen LogP contribution in [0.15, 0.2) is 0 Å². The maximum absolute atomic E-state index is 12.3.